The van der Waals surface area contributed by atoms with Crippen molar-refractivity contribution in [1.82, 2.24) is 10.2 Å². The van der Waals surface area contributed by atoms with Gasteiger partial charge in [0, 0.05) is 25.1 Å². The van der Waals surface area contributed by atoms with E-state index in [0.717, 1.165) is 6.07 Å². The lowest BCUT2D eigenvalue weighted by atomic mass is 10.1. The molecule has 1 N–H and O–H groups in total. The van der Waals surface area contributed by atoms with Crippen LogP contribution in [0.4, 0.5) is 13.2 Å². The van der Waals surface area contributed by atoms with Gasteiger partial charge in [-0.05, 0) is 29.8 Å². The monoisotopic (exact) mass is 430 g/mol. The van der Waals surface area contributed by atoms with Gasteiger partial charge < -0.3 is 10.2 Å². The molecule has 0 saturated carbocycles. The Bertz CT molecular complexity index is 918. The number of amides is 2. The van der Waals surface area contributed by atoms with E-state index in [4.69, 9.17) is 23.2 Å². The maximum atomic E-state index is 13.1. The van der Waals surface area contributed by atoms with Crippen LogP contribution in [0.2, 0.25) is 10.0 Å². The molecule has 1 fully saturated rings. The van der Waals surface area contributed by atoms with E-state index in [0.29, 0.717) is 5.02 Å². The van der Waals surface area contributed by atoms with Gasteiger partial charge in [0.05, 0.1) is 21.7 Å². The van der Waals surface area contributed by atoms with E-state index in [1.807, 2.05) is 0 Å². The van der Waals surface area contributed by atoms with Crippen LogP contribution in [0.3, 0.4) is 0 Å². The Morgan fingerprint density at radius 3 is 2.54 bits per heavy atom. The van der Waals surface area contributed by atoms with E-state index in [1.165, 1.54) is 41.3 Å². The van der Waals surface area contributed by atoms with Gasteiger partial charge in [-0.1, -0.05) is 41.4 Å². The van der Waals surface area contributed by atoms with E-state index in [-0.39, 0.29) is 41.6 Å². The van der Waals surface area contributed by atoms with Crippen molar-refractivity contribution in [3.63, 3.8) is 0 Å². The highest BCUT2D eigenvalue weighted by Crippen LogP contribution is 2.33. The highest BCUT2D eigenvalue weighted by molar-refractivity contribution is 6.42. The van der Waals surface area contributed by atoms with Crippen molar-refractivity contribution >= 4 is 35.0 Å². The highest BCUT2D eigenvalue weighted by atomic mass is 35.5. The maximum absolute atomic E-state index is 13.1. The fourth-order valence-electron chi connectivity index (χ4n) is 3.07. The molecule has 2 aromatic carbocycles. The summed E-state index contributed by atoms with van der Waals surface area (Å²) in [5.74, 6) is -0.759. The number of hydrogen-bond donors (Lipinski definition) is 1. The van der Waals surface area contributed by atoms with E-state index in [9.17, 15) is 22.8 Å². The summed E-state index contributed by atoms with van der Waals surface area (Å²) in [5, 5.41) is 3.24. The molecule has 1 heterocycles. The predicted molar refractivity (Wildman–Crippen MR) is 99.2 cm³/mol. The summed E-state index contributed by atoms with van der Waals surface area (Å²) in [6.07, 6.45) is -4.48. The summed E-state index contributed by atoms with van der Waals surface area (Å²) in [4.78, 5) is 25.9. The zero-order valence-corrected chi connectivity index (χ0v) is 15.9. The van der Waals surface area contributed by atoms with Crippen LogP contribution >= 0.6 is 23.2 Å². The van der Waals surface area contributed by atoms with Gasteiger partial charge in [0.2, 0.25) is 5.91 Å². The Labute approximate surface area is 169 Å². The third-order valence-corrected chi connectivity index (χ3v) is 5.15. The van der Waals surface area contributed by atoms with Crippen molar-refractivity contribution in [2.24, 2.45) is 0 Å². The van der Waals surface area contributed by atoms with Gasteiger partial charge in [0.25, 0.3) is 5.91 Å². The normalized spacial score (nSPS) is 17.1. The summed E-state index contributed by atoms with van der Waals surface area (Å²) in [5.41, 5.74) is -0.478. The molecule has 0 spiro atoms. The van der Waals surface area contributed by atoms with E-state index in [2.05, 4.69) is 5.32 Å². The largest absolute Gasteiger partial charge is 0.416 e. The van der Waals surface area contributed by atoms with Crippen LogP contribution in [0, 0.1) is 0 Å². The molecular weight excluding hydrogens is 416 g/mol. The number of likely N-dealkylation sites (tertiary alicyclic amines) is 1. The van der Waals surface area contributed by atoms with Crippen LogP contribution in [-0.2, 0) is 17.5 Å². The van der Waals surface area contributed by atoms with Gasteiger partial charge >= 0.3 is 6.18 Å². The Hall–Kier alpha value is -2.25. The molecule has 1 aliphatic rings. The molecule has 28 heavy (non-hydrogen) atoms. The van der Waals surface area contributed by atoms with Crippen LogP contribution in [0.15, 0.2) is 42.5 Å². The van der Waals surface area contributed by atoms with E-state index >= 15 is 0 Å². The molecule has 2 amide bonds. The van der Waals surface area contributed by atoms with Crippen LogP contribution in [0.1, 0.15) is 27.9 Å². The standard InChI is InChI=1S/C19H15Cl2F3N2O2/c20-15-6-5-11(7-16(15)21)18(28)25-13-8-17(27)26(10-13)9-12-3-1-2-4-14(12)19(22,23)24/h1-7,13H,8-10H2,(H,25,28). The number of carbonyl (C=O) groups excluding carboxylic acids is 2. The molecule has 0 bridgehead atoms. The van der Waals surface area contributed by atoms with E-state index < -0.39 is 23.7 Å². The molecule has 9 heteroatoms. The first-order valence-corrected chi connectivity index (χ1v) is 9.09. The zero-order chi connectivity index (χ0) is 20.5. The first-order valence-electron chi connectivity index (χ1n) is 8.34. The molecule has 0 aromatic heterocycles. The Morgan fingerprint density at radius 1 is 1.14 bits per heavy atom. The summed E-state index contributed by atoms with van der Waals surface area (Å²) >= 11 is 11.7. The van der Waals surface area contributed by atoms with Crippen molar-refractivity contribution in [1.29, 1.82) is 0 Å². The lowest BCUT2D eigenvalue weighted by molar-refractivity contribution is -0.139. The quantitative estimate of drug-likeness (QED) is 0.773. The van der Waals surface area contributed by atoms with Crippen LogP contribution in [0.5, 0.6) is 0 Å². The first kappa shape index (κ1) is 20.5. The van der Waals surface area contributed by atoms with Crippen molar-refractivity contribution < 1.29 is 22.8 Å². The fraction of sp³-hybridized carbons (Fsp3) is 0.263. The average Bonchev–Trinajstić information content (AvgIpc) is 2.96. The number of carbonyl (C=O) groups is 2. The minimum Gasteiger partial charge on any atom is -0.347 e. The second-order valence-electron chi connectivity index (χ2n) is 6.43. The lowest BCUT2D eigenvalue weighted by Gasteiger charge is -2.20. The summed E-state index contributed by atoms with van der Waals surface area (Å²) in [7, 11) is 0. The smallest absolute Gasteiger partial charge is 0.347 e. The fourth-order valence-corrected chi connectivity index (χ4v) is 3.37. The number of halogens is 5. The van der Waals surface area contributed by atoms with Gasteiger partial charge in [-0.3, -0.25) is 9.59 Å². The SMILES string of the molecule is O=C(NC1CC(=O)N(Cc2ccccc2C(F)(F)F)C1)c1ccc(Cl)c(Cl)c1. The van der Waals surface area contributed by atoms with Gasteiger partial charge in [0.15, 0.2) is 0 Å². The van der Waals surface area contributed by atoms with Crippen LogP contribution in [0.25, 0.3) is 0 Å². The van der Waals surface area contributed by atoms with Crippen molar-refractivity contribution in [3.8, 4) is 0 Å². The average molecular weight is 431 g/mol. The highest BCUT2D eigenvalue weighted by Gasteiger charge is 2.36. The molecule has 1 saturated heterocycles. The Morgan fingerprint density at radius 2 is 1.86 bits per heavy atom. The number of hydrogen-bond acceptors (Lipinski definition) is 2. The predicted octanol–water partition coefficient (Wildman–Crippen LogP) is 4.54. The molecule has 0 radical (unpaired) electrons. The van der Waals surface area contributed by atoms with Gasteiger partial charge in [-0.25, -0.2) is 0 Å². The molecular formula is C19H15Cl2F3N2O2. The van der Waals surface area contributed by atoms with Crippen molar-refractivity contribution in [3.05, 3.63) is 69.2 Å². The Kier molecular flexibility index (Phi) is 5.86. The number of rotatable bonds is 4. The Balaban J connectivity index is 1.67. The third kappa shape index (κ3) is 4.59. The van der Waals surface area contributed by atoms with Crippen LogP contribution in [-0.4, -0.2) is 29.3 Å². The number of nitrogens with zero attached hydrogens (tertiary/aromatic N) is 1. The molecule has 1 aliphatic heterocycles. The van der Waals surface area contributed by atoms with Gasteiger partial charge in [-0.2, -0.15) is 13.2 Å². The summed E-state index contributed by atoms with van der Waals surface area (Å²) < 4.78 is 39.4. The molecule has 148 valence electrons. The minimum atomic E-state index is -4.50. The number of benzene rings is 2. The molecule has 1 atom stereocenters. The second kappa shape index (κ2) is 8.01. The van der Waals surface area contributed by atoms with Gasteiger partial charge in [0.1, 0.15) is 0 Å². The van der Waals surface area contributed by atoms with Crippen molar-refractivity contribution in [2.45, 2.75) is 25.2 Å². The zero-order valence-electron chi connectivity index (χ0n) is 14.4. The third-order valence-electron chi connectivity index (χ3n) is 4.42. The summed E-state index contributed by atoms with van der Waals surface area (Å²) in [6, 6.07) is 9.02. The minimum absolute atomic E-state index is 0.0137. The number of alkyl halides is 3. The molecule has 4 nitrogen and oxygen atoms in total. The van der Waals surface area contributed by atoms with Gasteiger partial charge in [-0.15, -0.1) is 0 Å². The molecule has 1 unspecified atom stereocenters. The summed E-state index contributed by atoms with van der Waals surface area (Å²) in [6.45, 7) is -0.0499. The number of nitrogens with one attached hydrogen (secondary N) is 1. The maximum Gasteiger partial charge on any atom is 0.416 e. The molecule has 2 aromatic rings. The second-order valence-corrected chi connectivity index (χ2v) is 7.25. The lowest BCUT2D eigenvalue weighted by Crippen LogP contribution is -2.37. The first-order chi connectivity index (χ1) is 13.1. The van der Waals surface area contributed by atoms with Crippen LogP contribution < -0.4 is 5.32 Å². The van der Waals surface area contributed by atoms with E-state index in [1.54, 1.807) is 0 Å². The molecule has 0 aliphatic carbocycles. The van der Waals surface area contributed by atoms with Crippen molar-refractivity contribution in [2.75, 3.05) is 6.54 Å². The molecule has 3 rings (SSSR count). The topological polar surface area (TPSA) is 49.4 Å².